The number of thiazole rings is 1. The number of halogens is 1. The lowest BCUT2D eigenvalue weighted by molar-refractivity contribution is 0.474. The van der Waals surface area contributed by atoms with Crippen molar-refractivity contribution >= 4 is 35.6 Å². The molecule has 0 bridgehead atoms. The number of hydrogen-bond acceptors (Lipinski definition) is 3. The van der Waals surface area contributed by atoms with E-state index in [2.05, 4.69) is 11.6 Å². The molecule has 1 aromatic carbocycles. The highest BCUT2D eigenvalue weighted by Gasteiger charge is 2.03. The molecule has 0 aliphatic carbocycles. The van der Waals surface area contributed by atoms with Crippen LogP contribution < -0.4 is 14.8 Å². The van der Waals surface area contributed by atoms with Crippen LogP contribution in [0, 0.1) is 0 Å². The zero-order valence-electron chi connectivity index (χ0n) is 8.16. The molecule has 0 saturated heterocycles. The zero-order chi connectivity index (χ0) is 11.7. The fraction of sp³-hybridized carbons (Fsp3) is 0. The van der Waals surface area contributed by atoms with E-state index in [1.54, 1.807) is 18.2 Å². The van der Waals surface area contributed by atoms with Crippen LogP contribution in [0.15, 0.2) is 23.0 Å². The summed E-state index contributed by atoms with van der Waals surface area (Å²) in [6.45, 7) is 3.64. The monoisotopic (exact) mass is 253 g/mol. The summed E-state index contributed by atoms with van der Waals surface area (Å²) in [4.78, 5) is 14.0. The molecule has 2 aromatic rings. The molecule has 2 N–H and O–H groups in total. The number of aromatic nitrogens is 1. The molecule has 82 valence electrons. The molecule has 0 atom stereocenters. The summed E-state index contributed by atoms with van der Waals surface area (Å²) in [5.74, 6) is 0.0471. The lowest BCUT2D eigenvalue weighted by Crippen LogP contribution is -2.19. The minimum absolute atomic E-state index is 0.0471. The van der Waals surface area contributed by atoms with E-state index in [-0.39, 0.29) is 11.3 Å². The maximum absolute atomic E-state index is 11.4. The number of aromatic amines is 1. The SMILES string of the molecule is C=c1[nH]c(=O)/c(=C/c2c(O)cccc2Cl)s1. The van der Waals surface area contributed by atoms with E-state index in [0.29, 0.717) is 19.8 Å². The van der Waals surface area contributed by atoms with Crippen LogP contribution in [-0.2, 0) is 0 Å². The molecule has 1 heterocycles. The first-order chi connectivity index (χ1) is 7.58. The second-order valence-electron chi connectivity index (χ2n) is 3.16. The van der Waals surface area contributed by atoms with Crippen molar-refractivity contribution in [1.82, 2.24) is 4.98 Å². The topological polar surface area (TPSA) is 53.1 Å². The number of rotatable bonds is 1. The lowest BCUT2D eigenvalue weighted by Gasteiger charge is -1.99. The third-order valence-corrected chi connectivity index (χ3v) is 3.22. The molecular formula is C11H8ClNO2S. The van der Waals surface area contributed by atoms with E-state index in [1.165, 1.54) is 17.4 Å². The van der Waals surface area contributed by atoms with Gasteiger partial charge in [0.1, 0.15) is 5.75 Å². The van der Waals surface area contributed by atoms with Crippen LogP contribution in [0.3, 0.4) is 0 Å². The van der Waals surface area contributed by atoms with Gasteiger partial charge >= 0.3 is 0 Å². The minimum atomic E-state index is -0.227. The molecule has 0 aliphatic heterocycles. The Labute approximate surface area is 100.0 Å². The van der Waals surface area contributed by atoms with Crippen molar-refractivity contribution in [1.29, 1.82) is 0 Å². The van der Waals surface area contributed by atoms with Crippen LogP contribution in [0.25, 0.3) is 12.7 Å². The van der Waals surface area contributed by atoms with Crippen molar-refractivity contribution in [3.63, 3.8) is 0 Å². The maximum Gasteiger partial charge on any atom is 0.266 e. The maximum atomic E-state index is 11.4. The van der Waals surface area contributed by atoms with E-state index < -0.39 is 0 Å². The molecule has 0 unspecified atom stereocenters. The van der Waals surface area contributed by atoms with Crippen molar-refractivity contribution in [2.75, 3.05) is 0 Å². The Balaban J connectivity index is 2.73. The average Bonchev–Trinajstić information content (AvgIpc) is 2.51. The normalized spacial score (nSPS) is 11.9. The van der Waals surface area contributed by atoms with Crippen LogP contribution in [0.1, 0.15) is 5.56 Å². The molecule has 5 heteroatoms. The van der Waals surface area contributed by atoms with Crippen LogP contribution in [0.2, 0.25) is 5.02 Å². The van der Waals surface area contributed by atoms with Crippen LogP contribution in [0.4, 0.5) is 0 Å². The van der Waals surface area contributed by atoms with Gasteiger partial charge in [-0.1, -0.05) is 24.2 Å². The van der Waals surface area contributed by atoms with Gasteiger partial charge in [0, 0.05) is 5.56 Å². The summed E-state index contributed by atoms with van der Waals surface area (Å²) in [7, 11) is 0. The number of benzene rings is 1. The molecule has 0 saturated carbocycles. The minimum Gasteiger partial charge on any atom is -0.507 e. The van der Waals surface area contributed by atoms with Gasteiger partial charge in [0.05, 0.1) is 14.2 Å². The van der Waals surface area contributed by atoms with E-state index in [0.717, 1.165) is 0 Å². The van der Waals surface area contributed by atoms with Gasteiger partial charge in [-0.2, -0.15) is 0 Å². The van der Waals surface area contributed by atoms with Gasteiger partial charge < -0.3 is 10.1 Å². The summed E-state index contributed by atoms with van der Waals surface area (Å²) in [5.41, 5.74) is 0.214. The number of H-pyrrole nitrogens is 1. The number of phenolic OH excluding ortho intramolecular Hbond substituents is 1. The third-order valence-electron chi connectivity index (χ3n) is 2.02. The van der Waals surface area contributed by atoms with E-state index in [4.69, 9.17) is 11.6 Å². The first-order valence-corrected chi connectivity index (χ1v) is 5.64. The average molecular weight is 254 g/mol. The first-order valence-electron chi connectivity index (χ1n) is 4.45. The molecule has 3 nitrogen and oxygen atoms in total. The smallest absolute Gasteiger partial charge is 0.266 e. The summed E-state index contributed by atoms with van der Waals surface area (Å²) < 4.78 is 1.04. The molecule has 1 aromatic heterocycles. The van der Waals surface area contributed by atoms with E-state index >= 15 is 0 Å². The Hall–Kier alpha value is -1.52. The Morgan fingerprint density at radius 1 is 1.50 bits per heavy atom. The highest BCUT2D eigenvalue weighted by molar-refractivity contribution is 7.07. The summed E-state index contributed by atoms with van der Waals surface area (Å²) in [6.07, 6.45) is 1.55. The number of nitrogens with one attached hydrogen (secondary N) is 1. The van der Waals surface area contributed by atoms with Crippen molar-refractivity contribution in [3.8, 4) is 5.75 Å². The second-order valence-corrected chi connectivity index (χ2v) is 4.70. The third kappa shape index (κ3) is 2.03. The summed E-state index contributed by atoms with van der Waals surface area (Å²) in [6, 6.07) is 4.81. The molecule has 16 heavy (non-hydrogen) atoms. The van der Waals surface area contributed by atoms with Gasteiger partial charge in [-0.25, -0.2) is 0 Å². The van der Waals surface area contributed by atoms with Gasteiger partial charge in [-0.15, -0.1) is 11.3 Å². The Kier molecular flexibility index (Phi) is 2.85. The van der Waals surface area contributed by atoms with Crippen LogP contribution in [0.5, 0.6) is 5.75 Å². The van der Waals surface area contributed by atoms with Gasteiger partial charge in [0.25, 0.3) is 5.56 Å². The first kappa shape index (κ1) is 11.0. The molecule has 2 rings (SSSR count). The van der Waals surface area contributed by atoms with Crippen molar-refractivity contribution in [2.24, 2.45) is 0 Å². The summed E-state index contributed by atoms with van der Waals surface area (Å²) in [5, 5.41) is 10.0. The fourth-order valence-electron chi connectivity index (χ4n) is 1.29. The lowest BCUT2D eigenvalue weighted by atomic mass is 10.2. The van der Waals surface area contributed by atoms with Crippen LogP contribution >= 0.6 is 22.9 Å². The molecular weight excluding hydrogens is 246 g/mol. The van der Waals surface area contributed by atoms with Crippen LogP contribution in [-0.4, -0.2) is 10.1 Å². The van der Waals surface area contributed by atoms with Gasteiger partial charge in [0.2, 0.25) is 0 Å². The van der Waals surface area contributed by atoms with Gasteiger partial charge in [0.15, 0.2) is 0 Å². The van der Waals surface area contributed by atoms with Gasteiger partial charge in [-0.3, -0.25) is 4.79 Å². The summed E-state index contributed by atoms with van der Waals surface area (Å²) >= 11 is 7.15. The van der Waals surface area contributed by atoms with Crippen molar-refractivity contribution in [2.45, 2.75) is 0 Å². The Bertz CT molecular complexity index is 666. The predicted molar refractivity (Wildman–Crippen MR) is 66.4 cm³/mol. The van der Waals surface area contributed by atoms with E-state index in [9.17, 15) is 9.90 Å². The highest BCUT2D eigenvalue weighted by atomic mass is 35.5. The molecule has 0 fully saturated rings. The molecule has 0 spiro atoms. The molecule has 0 amide bonds. The second kappa shape index (κ2) is 4.15. The zero-order valence-corrected chi connectivity index (χ0v) is 9.73. The number of phenols is 1. The van der Waals surface area contributed by atoms with Gasteiger partial charge in [-0.05, 0) is 18.2 Å². The Morgan fingerprint density at radius 3 is 2.81 bits per heavy atom. The van der Waals surface area contributed by atoms with Crippen molar-refractivity contribution in [3.05, 3.63) is 48.3 Å². The fourth-order valence-corrected chi connectivity index (χ4v) is 2.24. The van der Waals surface area contributed by atoms with Crippen molar-refractivity contribution < 1.29 is 5.11 Å². The quantitative estimate of drug-likeness (QED) is 0.798. The predicted octanol–water partition coefficient (Wildman–Crippen LogP) is 1.03. The molecule has 0 radical (unpaired) electrons. The highest BCUT2D eigenvalue weighted by Crippen LogP contribution is 2.25. The number of hydrogen-bond donors (Lipinski definition) is 2. The molecule has 0 aliphatic rings. The van der Waals surface area contributed by atoms with E-state index in [1.807, 2.05) is 0 Å². The standard InChI is InChI=1S/C11H8ClNO2S/c1-6-13-11(15)10(16-6)5-7-8(12)3-2-4-9(7)14/h2-5,14H,1H2,(H,13,15)/b10-5-. The Morgan fingerprint density at radius 2 is 2.25 bits per heavy atom. The number of aromatic hydroxyl groups is 1. The largest absolute Gasteiger partial charge is 0.507 e.